The summed E-state index contributed by atoms with van der Waals surface area (Å²) in [5.41, 5.74) is 6.19. The SMILES string of the molecule is COC(=O)c1cc(OCCCN(C)C)ncc1N. The van der Waals surface area contributed by atoms with Crippen LogP contribution in [0.4, 0.5) is 5.69 Å². The van der Waals surface area contributed by atoms with Gasteiger partial charge in [-0.05, 0) is 20.5 Å². The van der Waals surface area contributed by atoms with Crippen LogP contribution in [0.5, 0.6) is 5.88 Å². The topological polar surface area (TPSA) is 77.7 Å². The number of anilines is 1. The summed E-state index contributed by atoms with van der Waals surface area (Å²) in [7, 11) is 5.30. The second-order valence-corrected chi connectivity index (χ2v) is 4.11. The molecule has 0 aliphatic heterocycles. The zero-order valence-electron chi connectivity index (χ0n) is 11.0. The van der Waals surface area contributed by atoms with E-state index in [4.69, 9.17) is 10.5 Å². The van der Waals surface area contributed by atoms with Crippen molar-refractivity contribution in [1.82, 2.24) is 9.88 Å². The van der Waals surface area contributed by atoms with E-state index in [0.29, 0.717) is 12.5 Å². The maximum absolute atomic E-state index is 11.4. The molecule has 1 aromatic heterocycles. The van der Waals surface area contributed by atoms with E-state index in [0.717, 1.165) is 13.0 Å². The molecule has 0 spiro atoms. The van der Waals surface area contributed by atoms with E-state index in [-0.39, 0.29) is 11.3 Å². The molecule has 2 N–H and O–H groups in total. The van der Waals surface area contributed by atoms with Gasteiger partial charge in [0.1, 0.15) is 0 Å². The van der Waals surface area contributed by atoms with Gasteiger partial charge in [0.25, 0.3) is 0 Å². The van der Waals surface area contributed by atoms with Gasteiger partial charge in [-0.1, -0.05) is 0 Å². The number of pyridine rings is 1. The largest absolute Gasteiger partial charge is 0.478 e. The Morgan fingerprint density at radius 2 is 2.22 bits per heavy atom. The van der Waals surface area contributed by atoms with Gasteiger partial charge in [0, 0.05) is 12.6 Å². The van der Waals surface area contributed by atoms with Crippen LogP contribution in [0.2, 0.25) is 0 Å². The van der Waals surface area contributed by atoms with Crippen LogP contribution >= 0.6 is 0 Å². The van der Waals surface area contributed by atoms with Crippen LogP contribution < -0.4 is 10.5 Å². The van der Waals surface area contributed by atoms with Gasteiger partial charge < -0.3 is 20.1 Å². The summed E-state index contributed by atoms with van der Waals surface area (Å²) in [5, 5.41) is 0. The van der Waals surface area contributed by atoms with Crippen molar-refractivity contribution in [3.8, 4) is 5.88 Å². The summed E-state index contributed by atoms with van der Waals surface area (Å²) < 4.78 is 10.1. The summed E-state index contributed by atoms with van der Waals surface area (Å²) in [6.07, 6.45) is 2.28. The molecule has 0 aromatic carbocycles. The number of methoxy groups -OCH3 is 1. The summed E-state index contributed by atoms with van der Waals surface area (Å²) in [6.45, 7) is 1.47. The van der Waals surface area contributed by atoms with Gasteiger partial charge in [0.15, 0.2) is 0 Å². The van der Waals surface area contributed by atoms with E-state index >= 15 is 0 Å². The van der Waals surface area contributed by atoms with Crippen molar-refractivity contribution in [1.29, 1.82) is 0 Å². The highest BCUT2D eigenvalue weighted by atomic mass is 16.5. The highest BCUT2D eigenvalue weighted by molar-refractivity contribution is 5.95. The quantitative estimate of drug-likeness (QED) is 0.596. The van der Waals surface area contributed by atoms with Gasteiger partial charge in [-0.15, -0.1) is 0 Å². The first-order valence-corrected chi connectivity index (χ1v) is 5.66. The number of nitrogens with zero attached hydrogens (tertiary/aromatic N) is 2. The number of nitrogens with two attached hydrogens (primary N) is 1. The number of nitrogen functional groups attached to an aromatic ring is 1. The maximum atomic E-state index is 11.4. The number of carbonyl (C=O) groups excluding carboxylic acids is 1. The fourth-order valence-corrected chi connectivity index (χ4v) is 1.37. The molecule has 1 rings (SSSR count). The molecule has 0 atom stereocenters. The van der Waals surface area contributed by atoms with E-state index in [1.54, 1.807) is 0 Å². The average molecular weight is 253 g/mol. The molecule has 0 amide bonds. The molecule has 0 saturated heterocycles. The van der Waals surface area contributed by atoms with E-state index < -0.39 is 5.97 Å². The number of carbonyl (C=O) groups is 1. The first-order chi connectivity index (χ1) is 8.54. The van der Waals surface area contributed by atoms with Crippen molar-refractivity contribution in [3.63, 3.8) is 0 Å². The minimum Gasteiger partial charge on any atom is -0.478 e. The van der Waals surface area contributed by atoms with Gasteiger partial charge >= 0.3 is 5.97 Å². The molecular weight excluding hydrogens is 234 g/mol. The van der Waals surface area contributed by atoms with Gasteiger partial charge in [-0.3, -0.25) is 0 Å². The van der Waals surface area contributed by atoms with E-state index in [1.807, 2.05) is 14.1 Å². The smallest absolute Gasteiger partial charge is 0.340 e. The van der Waals surface area contributed by atoms with Crippen molar-refractivity contribution in [2.45, 2.75) is 6.42 Å². The lowest BCUT2D eigenvalue weighted by Crippen LogP contribution is -2.16. The molecular formula is C12H19N3O3. The first kappa shape index (κ1) is 14.2. The lowest BCUT2D eigenvalue weighted by Gasteiger charge is -2.10. The van der Waals surface area contributed by atoms with Crippen LogP contribution in [0.25, 0.3) is 0 Å². The molecule has 100 valence electrons. The van der Waals surface area contributed by atoms with Crippen molar-refractivity contribution in [2.24, 2.45) is 0 Å². The molecule has 6 heteroatoms. The molecule has 0 radical (unpaired) electrons. The monoisotopic (exact) mass is 253 g/mol. The summed E-state index contributed by atoms with van der Waals surface area (Å²) in [4.78, 5) is 17.5. The number of hydrogen-bond donors (Lipinski definition) is 1. The van der Waals surface area contributed by atoms with E-state index in [2.05, 4.69) is 14.6 Å². The van der Waals surface area contributed by atoms with Crippen LogP contribution in [0.3, 0.4) is 0 Å². The third-order valence-corrected chi connectivity index (χ3v) is 2.31. The van der Waals surface area contributed by atoms with Crippen molar-refractivity contribution in [3.05, 3.63) is 17.8 Å². The molecule has 0 bridgehead atoms. The number of ether oxygens (including phenoxy) is 2. The lowest BCUT2D eigenvalue weighted by atomic mass is 10.2. The standard InChI is InChI=1S/C12H19N3O3/c1-15(2)5-4-6-18-11-7-9(12(16)17-3)10(13)8-14-11/h7-8H,4-6,13H2,1-3H3. The minimum absolute atomic E-state index is 0.273. The molecule has 0 unspecified atom stereocenters. The molecule has 0 fully saturated rings. The summed E-state index contributed by atoms with van der Waals surface area (Å²) in [6, 6.07) is 1.50. The number of rotatable bonds is 6. The third-order valence-electron chi connectivity index (χ3n) is 2.31. The normalized spacial score (nSPS) is 10.4. The second kappa shape index (κ2) is 6.80. The fourth-order valence-electron chi connectivity index (χ4n) is 1.37. The Bertz CT molecular complexity index is 408. The summed E-state index contributed by atoms with van der Waals surface area (Å²) in [5.74, 6) is -0.114. The molecule has 1 aromatic rings. The molecule has 1 heterocycles. The zero-order chi connectivity index (χ0) is 13.5. The Balaban J connectivity index is 2.59. The van der Waals surface area contributed by atoms with Gasteiger partial charge in [-0.2, -0.15) is 0 Å². The van der Waals surface area contributed by atoms with Crippen LogP contribution in [0.1, 0.15) is 16.8 Å². The Labute approximate surface area is 107 Å². The highest BCUT2D eigenvalue weighted by Gasteiger charge is 2.12. The van der Waals surface area contributed by atoms with E-state index in [1.165, 1.54) is 19.4 Å². The van der Waals surface area contributed by atoms with Crippen LogP contribution in [-0.4, -0.2) is 50.2 Å². The van der Waals surface area contributed by atoms with Crippen LogP contribution in [0.15, 0.2) is 12.3 Å². The number of esters is 1. The Hall–Kier alpha value is -1.82. The average Bonchev–Trinajstić information content (AvgIpc) is 2.35. The van der Waals surface area contributed by atoms with Crippen molar-refractivity contribution in [2.75, 3.05) is 40.1 Å². The Kier molecular flexibility index (Phi) is 5.38. The maximum Gasteiger partial charge on any atom is 0.340 e. The van der Waals surface area contributed by atoms with E-state index in [9.17, 15) is 4.79 Å². The Morgan fingerprint density at radius 3 is 2.83 bits per heavy atom. The van der Waals surface area contributed by atoms with Gasteiger partial charge in [0.2, 0.25) is 5.88 Å². The van der Waals surface area contributed by atoms with Crippen molar-refractivity contribution < 1.29 is 14.3 Å². The summed E-state index contributed by atoms with van der Waals surface area (Å²) >= 11 is 0. The molecule has 0 saturated carbocycles. The first-order valence-electron chi connectivity index (χ1n) is 5.66. The van der Waals surface area contributed by atoms with Crippen LogP contribution in [-0.2, 0) is 4.74 Å². The molecule has 0 aliphatic rings. The molecule has 18 heavy (non-hydrogen) atoms. The molecule has 0 aliphatic carbocycles. The number of aromatic nitrogens is 1. The Morgan fingerprint density at radius 1 is 1.50 bits per heavy atom. The second-order valence-electron chi connectivity index (χ2n) is 4.11. The predicted octanol–water partition coefficient (Wildman–Crippen LogP) is 0.781. The third kappa shape index (κ3) is 4.21. The fraction of sp³-hybridized carbons (Fsp3) is 0.500. The zero-order valence-corrected chi connectivity index (χ0v) is 11.0. The molecule has 6 nitrogen and oxygen atoms in total. The minimum atomic E-state index is -0.493. The van der Waals surface area contributed by atoms with Gasteiger partial charge in [-0.25, -0.2) is 9.78 Å². The van der Waals surface area contributed by atoms with Crippen molar-refractivity contribution >= 4 is 11.7 Å². The van der Waals surface area contributed by atoms with Crippen LogP contribution in [0, 0.1) is 0 Å². The lowest BCUT2D eigenvalue weighted by molar-refractivity contribution is 0.0601. The highest BCUT2D eigenvalue weighted by Crippen LogP contribution is 2.17. The predicted molar refractivity (Wildman–Crippen MR) is 68.7 cm³/mol. The number of hydrogen-bond acceptors (Lipinski definition) is 6. The van der Waals surface area contributed by atoms with Gasteiger partial charge in [0.05, 0.1) is 31.2 Å².